The number of hydrogen-bond acceptors (Lipinski definition) is 3. The Morgan fingerprint density at radius 1 is 1.15 bits per heavy atom. The molecule has 0 saturated heterocycles. The molecule has 1 heterocycles. The summed E-state index contributed by atoms with van der Waals surface area (Å²) >= 11 is 0. The molecule has 104 valence electrons. The number of aromatic nitrogens is 1. The highest BCUT2D eigenvalue weighted by Gasteiger charge is 2.16. The quantitative estimate of drug-likeness (QED) is 0.901. The van der Waals surface area contributed by atoms with Crippen LogP contribution >= 0.6 is 0 Å². The van der Waals surface area contributed by atoms with Crippen LogP contribution in [0, 0.1) is 0 Å². The van der Waals surface area contributed by atoms with Crippen molar-refractivity contribution in [2.45, 2.75) is 6.04 Å². The Hall–Kier alpha value is -2.20. The third-order valence-electron chi connectivity index (χ3n) is 3.07. The Balaban J connectivity index is 2.20. The van der Waals surface area contributed by atoms with Crippen molar-refractivity contribution in [2.24, 2.45) is 0 Å². The monoisotopic (exact) mass is 269 g/mol. The number of nitrogens with one attached hydrogen (secondary N) is 1. The Labute approximate surface area is 119 Å². The molecule has 2 aromatic rings. The van der Waals surface area contributed by atoms with Crippen molar-refractivity contribution in [3.05, 3.63) is 66.0 Å². The zero-order chi connectivity index (χ0) is 14.4. The van der Waals surface area contributed by atoms with Gasteiger partial charge in [-0.15, -0.1) is 0 Å². The molecule has 4 nitrogen and oxygen atoms in total. The number of rotatable bonds is 5. The zero-order valence-electron chi connectivity index (χ0n) is 11.8. The smallest absolute Gasteiger partial charge is 0.236 e. The van der Waals surface area contributed by atoms with Crippen molar-refractivity contribution in [1.82, 2.24) is 15.2 Å². The van der Waals surface area contributed by atoms with Crippen LogP contribution in [-0.2, 0) is 4.79 Å². The summed E-state index contributed by atoms with van der Waals surface area (Å²) in [5.74, 6) is 0.0434. The molecule has 0 saturated carbocycles. The number of nitrogens with zero attached hydrogens (tertiary/aromatic N) is 2. The lowest BCUT2D eigenvalue weighted by atomic mass is 10.0. The van der Waals surface area contributed by atoms with Gasteiger partial charge in [0.25, 0.3) is 0 Å². The first-order valence-corrected chi connectivity index (χ1v) is 6.58. The molecular weight excluding hydrogens is 250 g/mol. The number of pyridine rings is 1. The molecule has 0 aliphatic rings. The predicted molar refractivity (Wildman–Crippen MR) is 79.2 cm³/mol. The summed E-state index contributed by atoms with van der Waals surface area (Å²) in [5.41, 5.74) is 2.00. The number of carbonyl (C=O) groups excluding carboxylic acids is 1. The first kappa shape index (κ1) is 14.2. The lowest BCUT2D eigenvalue weighted by molar-refractivity contribution is -0.127. The Morgan fingerprint density at radius 3 is 2.45 bits per heavy atom. The van der Waals surface area contributed by atoms with E-state index in [4.69, 9.17) is 0 Å². The molecule has 0 aliphatic heterocycles. The van der Waals surface area contributed by atoms with Crippen LogP contribution in [0.4, 0.5) is 0 Å². The van der Waals surface area contributed by atoms with Gasteiger partial charge >= 0.3 is 0 Å². The van der Waals surface area contributed by atoms with Gasteiger partial charge in [0.15, 0.2) is 0 Å². The van der Waals surface area contributed by atoms with Crippen LogP contribution in [0.25, 0.3) is 0 Å². The molecule has 1 aromatic carbocycles. The van der Waals surface area contributed by atoms with Crippen LogP contribution in [0.5, 0.6) is 0 Å². The highest BCUT2D eigenvalue weighted by molar-refractivity contribution is 5.77. The summed E-state index contributed by atoms with van der Waals surface area (Å²) in [5, 5.41) is 3.28. The lowest BCUT2D eigenvalue weighted by Crippen LogP contribution is -2.35. The summed E-state index contributed by atoms with van der Waals surface area (Å²) in [6.07, 6.45) is 1.76. The summed E-state index contributed by atoms with van der Waals surface area (Å²) in [6, 6.07) is 15.7. The van der Waals surface area contributed by atoms with E-state index in [-0.39, 0.29) is 18.5 Å². The van der Waals surface area contributed by atoms with E-state index in [1.54, 1.807) is 25.2 Å². The van der Waals surface area contributed by atoms with Gasteiger partial charge < -0.3 is 4.90 Å². The first-order chi connectivity index (χ1) is 9.68. The number of carbonyl (C=O) groups is 1. The predicted octanol–water partition coefficient (Wildman–Crippen LogP) is 1.85. The fraction of sp³-hybridized carbons (Fsp3) is 0.250. The van der Waals surface area contributed by atoms with Crippen LogP contribution in [0.1, 0.15) is 17.3 Å². The van der Waals surface area contributed by atoms with Crippen LogP contribution in [0.2, 0.25) is 0 Å². The molecular formula is C16H19N3O. The molecule has 2 rings (SSSR count). The van der Waals surface area contributed by atoms with E-state index in [0.29, 0.717) is 0 Å². The maximum absolute atomic E-state index is 11.8. The van der Waals surface area contributed by atoms with Crippen LogP contribution in [-0.4, -0.2) is 36.4 Å². The van der Waals surface area contributed by atoms with E-state index in [0.717, 1.165) is 11.3 Å². The molecule has 0 spiro atoms. The summed E-state index contributed by atoms with van der Waals surface area (Å²) in [7, 11) is 3.50. The van der Waals surface area contributed by atoms with Crippen LogP contribution in [0.3, 0.4) is 0 Å². The average molecular weight is 269 g/mol. The SMILES string of the molecule is CN(C)C(=O)CNC(c1ccccc1)c1ccccn1. The average Bonchev–Trinajstić information content (AvgIpc) is 2.49. The second-order valence-electron chi connectivity index (χ2n) is 4.77. The second-order valence-corrected chi connectivity index (χ2v) is 4.77. The van der Waals surface area contributed by atoms with Gasteiger partial charge in [0.2, 0.25) is 5.91 Å². The van der Waals surface area contributed by atoms with Crippen molar-refractivity contribution in [1.29, 1.82) is 0 Å². The van der Waals surface area contributed by atoms with Gasteiger partial charge in [0.1, 0.15) is 0 Å². The standard InChI is InChI=1S/C16H19N3O/c1-19(2)15(20)12-18-16(13-8-4-3-5-9-13)14-10-6-7-11-17-14/h3-11,16,18H,12H2,1-2H3. The number of hydrogen-bond donors (Lipinski definition) is 1. The van der Waals surface area contributed by atoms with Gasteiger partial charge in [0.05, 0.1) is 18.3 Å². The summed E-state index contributed by atoms with van der Waals surface area (Å²) in [4.78, 5) is 17.7. The Kier molecular flexibility index (Phi) is 4.85. The van der Waals surface area contributed by atoms with Crippen LogP contribution < -0.4 is 5.32 Å². The van der Waals surface area contributed by atoms with Crippen molar-refractivity contribution < 1.29 is 4.79 Å². The van der Waals surface area contributed by atoms with E-state index >= 15 is 0 Å². The third-order valence-corrected chi connectivity index (χ3v) is 3.07. The first-order valence-electron chi connectivity index (χ1n) is 6.58. The molecule has 1 atom stereocenters. The van der Waals surface area contributed by atoms with Crippen molar-refractivity contribution >= 4 is 5.91 Å². The fourth-order valence-corrected chi connectivity index (χ4v) is 1.93. The summed E-state index contributed by atoms with van der Waals surface area (Å²) in [6.45, 7) is 0.281. The highest BCUT2D eigenvalue weighted by Crippen LogP contribution is 2.19. The number of likely N-dealkylation sites (N-methyl/N-ethyl adjacent to an activating group) is 1. The minimum Gasteiger partial charge on any atom is -0.348 e. The second kappa shape index (κ2) is 6.82. The fourth-order valence-electron chi connectivity index (χ4n) is 1.93. The third kappa shape index (κ3) is 3.65. The van der Waals surface area contributed by atoms with Crippen molar-refractivity contribution in [2.75, 3.05) is 20.6 Å². The minimum atomic E-state index is -0.0821. The van der Waals surface area contributed by atoms with Crippen molar-refractivity contribution in [3.63, 3.8) is 0 Å². The molecule has 0 radical (unpaired) electrons. The van der Waals surface area contributed by atoms with E-state index in [1.807, 2.05) is 48.5 Å². The van der Waals surface area contributed by atoms with E-state index in [2.05, 4.69) is 10.3 Å². The topological polar surface area (TPSA) is 45.2 Å². The largest absolute Gasteiger partial charge is 0.348 e. The Bertz CT molecular complexity index is 501. The molecule has 1 aromatic heterocycles. The molecule has 1 unspecified atom stereocenters. The van der Waals surface area contributed by atoms with Gasteiger partial charge in [-0.05, 0) is 17.7 Å². The number of benzene rings is 1. The van der Waals surface area contributed by atoms with E-state index in [1.165, 1.54) is 0 Å². The maximum Gasteiger partial charge on any atom is 0.236 e. The van der Waals surface area contributed by atoms with Crippen LogP contribution in [0.15, 0.2) is 54.7 Å². The molecule has 0 fully saturated rings. The van der Waals surface area contributed by atoms with E-state index < -0.39 is 0 Å². The minimum absolute atomic E-state index is 0.0434. The van der Waals surface area contributed by atoms with E-state index in [9.17, 15) is 4.79 Å². The normalized spacial score (nSPS) is 11.9. The van der Waals surface area contributed by atoms with Gasteiger partial charge in [-0.2, -0.15) is 0 Å². The van der Waals surface area contributed by atoms with Gasteiger partial charge in [0, 0.05) is 20.3 Å². The number of amides is 1. The lowest BCUT2D eigenvalue weighted by Gasteiger charge is -2.20. The molecule has 0 bridgehead atoms. The van der Waals surface area contributed by atoms with Gasteiger partial charge in [-0.25, -0.2) is 0 Å². The van der Waals surface area contributed by atoms with Gasteiger partial charge in [-0.1, -0.05) is 36.4 Å². The summed E-state index contributed by atoms with van der Waals surface area (Å²) < 4.78 is 0. The van der Waals surface area contributed by atoms with Gasteiger partial charge in [-0.3, -0.25) is 15.1 Å². The van der Waals surface area contributed by atoms with Crippen molar-refractivity contribution in [3.8, 4) is 0 Å². The molecule has 1 amide bonds. The zero-order valence-corrected chi connectivity index (χ0v) is 11.8. The Morgan fingerprint density at radius 2 is 1.85 bits per heavy atom. The molecule has 0 aliphatic carbocycles. The maximum atomic E-state index is 11.8. The molecule has 4 heteroatoms. The molecule has 1 N–H and O–H groups in total. The molecule has 20 heavy (non-hydrogen) atoms. The highest BCUT2D eigenvalue weighted by atomic mass is 16.2.